The second kappa shape index (κ2) is 7.63. The van der Waals surface area contributed by atoms with Crippen molar-refractivity contribution in [3.05, 3.63) is 53.8 Å². The zero-order valence-electron chi connectivity index (χ0n) is 13.5. The van der Waals surface area contributed by atoms with Crippen LogP contribution in [0.3, 0.4) is 0 Å². The summed E-state index contributed by atoms with van der Waals surface area (Å²) in [5, 5.41) is 0. The number of anilines is 1. The third-order valence-electron chi connectivity index (χ3n) is 3.71. The normalized spacial score (nSPS) is 10.3. The van der Waals surface area contributed by atoms with Crippen molar-refractivity contribution in [3.8, 4) is 11.5 Å². The van der Waals surface area contributed by atoms with Gasteiger partial charge in [0, 0.05) is 24.7 Å². The van der Waals surface area contributed by atoms with Crippen LogP contribution in [0, 0.1) is 5.82 Å². The zero-order chi connectivity index (χ0) is 16.8. The van der Waals surface area contributed by atoms with Gasteiger partial charge in [0.05, 0.1) is 14.2 Å². The molecular formula is C18H20FNO3. The number of ether oxygens (including phenoxy) is 2. The summed E-state index contributed by atoms with van der Waals surface area (Å²) in [6, 6.07) is 11.4. The van der Waals surface area contributed by atoms with E-state index in [9.17, 15) is 9.18 Å². The largest absolute Gasteiger partial charge is 0.496 e. The van der Waals surface area contributed by atoms with Crippen LogP contribution in [0.2, 0.25) is 0 Å². The number of hydrogen-bond donors (Lipinski definition) is 0. The van der Waals surface area contributed by atoms with Gasteiger partial charge >= 0.3 is 0 Å². The van der Waals surface area contributed by atoms with Crippen molar-refractivity contribution < 1.29 is 18.7 Å². The minimum absolute atomic E-state index is 0.0652. The lowest BCUT2D eigenvalue weighted by atomic mass is 10.1. The molecule has 0 bridgehead atoms. The van der Waals surface area contributed by atoms with Crippen LogP contribution < -0.4 is 14.4 Å². The number of benzene rings is 2. The molecule has 0 unspecified atom stereocenters. The maximum Gasteiger partial charge on any atom is 0.227 e. The van der Waals surface area contributed by atoms with Gasteiger partial charge in [0.1, 0.15) is 17.3 Å². The van der Waals surface area contributed by atoms with E-state index in [1.54, 1.807) is 33.4 Å². The molecule has 0 aliphatic rings. The molecule has 0 heterocycles. The van der Waals surface area contributed by atoms with Gasteiger partial charge in [-0.2, -0.15) is 0 Å². The number of nitrogens with zero attached hydrogens (tertiary/aromatic N) is 1. The van der Waals surface area contributed by atoms with E-state index in [0.29, 0.717) is 30.0 Å². The summed E-state index contributed by atoms with van der Waals surface area (Å²) in [6.07, 6.45) is 0.794. The predicted molar refractivity (Wildman–Crippen MR) is 87.7 cm³/mol. The second-order valence-electron chi connectivity index (χ2n) is 5.07. The molecule has 0 atom stereocenters. The summed E-state index contributed by atoms with van der Waals surface area (Å²) >= 11 is 0. The summed E-state index contributed by atoms with van der Waals surface area (Å²) in [4.78, 5) is 13.9. The minimum Gasteiger partial charge on any atom is -0.496 e. The Labute approximate surface area is 135 Å². The van der Waals surface area contributed by atoms with E-state index in [4.69, 9.17) is 9.47 Å². The molecule has 0 spiro atoms. The predicted octanol–water partition coefficient (Wildman–Crippen LogP) is 3.44. The first kappa shape index (κ1) is 16.8. The van der Waals surface area contributed by atoms with Crippen LogP contribution in [0.15, 0.2) is 42.5 Å². The molecule has 1 amide bonds. The highest BCUT2D eigenvalue weighted by Crippen LogP contribution is 2.29. The molecule has 5 heteroatoms. The molecule has 0 aliphatic heterocycles. The summed E-state index contributed by atoms with van der Waals surface area (Å²) in [5.74, 6) is 1.00. The van der Waals surface area contributed by atoms with E-state index in [2.05, 4.69) is 0 Å². The number of rotatable bonds is 6. The first-order valence-corrected chi connectivity index (χ1v) is 7.28. The molecule has 0 N–H and O–H groups in total. The van der Waals surface area contributed by atoms with Gasteiger partial charge in [-0.1, -0.05) is 6.07 Å². The molecule has 2 aromatic rings. The Morgan fingerprint density at radius 1 is 1.04 bits per heavy atom. The quantitative estimate of drug-likeness (QED) is 0.819. The summed E-state index contributed by atoms with van der Waals surface area (Å²) < 4.78 is 23.6. The van der Waals surface area contributed by atoms with E-state index in [0.717, 1.165) is 5.56 Å². The van der Waals surface area contributed by atoms with E-state index in [1.807, 2.05) is 18.2 Å². The number of methoxy groups -OCH3 is 2. The molecule has 0 aromatic heterocycles. The maximum absolute atomic E-state index is 13.0. The summed E-state index contributed by atoms with van der Waals surface area (Å²) in [5.41, 5.74) is 1.52. The maximum atomic E-state index is 13.0. The average Bonchev–Trinajstić information content (AvgIpc) is 2.59. The van der Waals surface area contributed by atoms with Crippen molar-refractivity contribution in [1.29, 1.82) is 0 Å². The van der Waals surface area contributed by atoms with Crippen LogP contribution in [0.1, 0.15) is 12.0 Å². The van der Waals surface area contributed by atoms with Gasteiger partial charge in [0.15, 0.2) is 0 Å². The first-order chi connectivity index (χ1) is 11.1. The highest BCUT2D eigenvalue weighted by Gasteiger charge is 2.15. The fourth-order valence-electron chi connectivity index (χ4n) is 2.38. The fraction of sp³-hybridized carbons (Fsp3) is 0.278. The molecule has 2 aromatic carbocycles. The molecular weight excluding hydrogens is 297 g/mol. The topological polar surface area (TPSA) is 38.8 Å². The zero-order valence-corrected chi connectivity index (χ0v) is 13.5. The van der Waals surface area contributed by atoms with Crippen molar-refractivity contribution in [2.75, 3.05) is 26.2 Å². The smallest absolute Gasteiger partial charge is 0.227 e. The highest BCUT2D eigenvalue weighted by atomic mass is 19.1. The Balaban J connectivity index is 2.08. The molecule has 2 rings (SSSR count). The van der Waals surface area contributed by atoms with Gasteiger partial charge in [-0.05, 0) is 42.8 Å². The molecule has 0 saturated carbocycles. The lowest BCUT2D eigenvalue weighted by molar-refractivity contribution is -0.118. The molecule has 0 aliphatic carbocycles. The summed E-state index contributed by atoms with van der Waals surface area (Å²) in [6.45, 7) is 0. The number of halogens is 1. The Hall–Kier alpha value is -2.56. The molecule has 0 saturated heterocycles. The molecule has 122 valence electrons. The van der Waals surface area contributed by atoms with Crippen molar-refractivity contribution >= 4 is 11.6 Å². The first-order valence-electron chi connectivity index (χ1n) is 7.28. The van der Waals surface area contributed by atoms with Crippen LogP contribution in [0.4, 0.5) is 10.1 Å². The Bertz CT molecular complexity index is 648. The van der Waals surface area contributed by atoms with Gasteiger partial charge in [-0.15, -0.1) is 0 Å². The molecule has 0 fully saturated rings. The van der Waals surface area contributed by atoms with Crippen LogP contribution in [-0.4, -0.2) is 27.2 Å². The van der Waals surface area contributed by atoms with Gasteiger partial charge in [0.25, 0.3) is 0 Å². The highest BCUT2D eigenvalue weighted by molar-refractivity contribution is 5.92. The third kappa shape index (κ3) is 4.00. The Morgan fingerprint density at radius 3 is 2.13 bits per heavy atom. The third-order valence-corrected chi connectivity index (χ3v) is 3.71. The van der Waals surface area contributed by atoms with Crippen LogP contribution in [0.5, 0.6) is 11.5 Å². The standard InChI is InChI=1S/C18H20FNO3/c1-20(14-9-7-13(19)8-10-14)18(21)12-11-15-16(22-2)5-4-6-17(15)23-3/h4-10H,11-12H2,1-3H3. The fourth-order valence-corrected chi connectivity index (χ4v) is 2.38. The second-order valence-corrected chi connectivity index (χ2v) is 5.07. The van der Waals surface area contributed by atoms with Crippen molar-refractivity contribution in [3.63, 3.8) is 0 Å². The lowest BCUT2D eigenvalue weighted by Crippen LogP contribution is -2.26. The van der Waals surface area contributed by atoms with Crippen LogP contribution >= 0.6 is 0 Å². The minimum atomic E-state index is -0.326. The molecule has 0 radical (unpaired) electrons. The number of carbonyl (C=O) groups excluding carboxylic acids is 1. The van der Waals surface area contributed by atoms with E-state index >= 15 is 0 Å². The van der Waals surface area contributed by atoms with Crippen LogP contribution in [0.25, 0.3) is 0 Å². The van der Waals surface area contributed by atoms with Crippen LogP contribution in [-0.2, 0) is 11.2 Å². The lowest BCUT2D eigenvalue weighted by Gasteiger charge is -2.18. The van der Waals surface area contributed by atoms with E-state index < -0.39 is 0 Å². The van der Waals surface area contributed by atoms with E-state index in [-0.39, 0.29) is 11.7 Å². The summed E-state index contributed by atoms with van der Waals surface area (Å²) in [7, 11) is 4.85. The SMILES string of the molecule is COc1cccc(OC)c1CCC(=O)N(C)c1ccc(F)cc1. The van der Waals surface area contributed by atoms with Crippen molar-refractivity contribution in [2.24, 2.45) is 0 Å². The Kier molecular flexibility index (Phi) is 5.57. The molecule has 23 heavy (non-hydrogen) atoms. The van der Waals surface area contributed by atoms with Gasteiger partial charge < -0.3 is 14.4 Å². The number of hydrogen-bond acceptors (Lipinski definition) is 3. The van der Waals surface area contributed by atoms with E-state index in [1.165, 1.54) is 17.0 Å². The average molecular weight is 317 g/mol. The van der Waals surface area contributed by atoms with Gasteiger partial charge in [-0.25, -0.2) is 4.39 Å². The van der Waals surface area contributed by atoms with Gasteiger partial charge in [-0.3, -0.25) is 4.79 Å². The number of carbonyl (C=O) groups is 1. The number of amides is 1. The van der Waals surface area contributed by atoms with Crippen molar-refractivity contribution in [2.45, 2.75) is 12.8 Å². The Morgan fingerprint density at radius 2 is 1.61 bits per heavy atom. The van der Waals surface area contributed by atoms with Crippen molar-refractivity contribution in [1.82, 2.24) is 0 Å². The molecule has 4 nitrogen and oxygen atoms in total. The monoisotopic (exact) mass is 317 g/mol. The van der Waals surface area contributed by atoms with Gasteiger partial charge in [0.2, 0.25) is 5.91 Å².